The quantitative estimate of drug-likeness (QED) is 0.391. The molecule has 2 rings (SSSR count). The third kappa shape index (κ3) is 8.04. The molecule has 0 aliphatic carbocycles. The SMILES string of the molecule is CCOc1ccc(NC(=S)Nc2ccc(OCC)cc2)cc1.[Hf].[Zr]. The molecule has 0 heterocycles. The molecule has 0 aliphatic rings. The summed E-state index contributed by atoms with van der Waals surface area (Å²) in [4.78, 5) is 0. The van der Waals surface area contributed by atoms with Gasteiger partial charge < -0.3 is 20.1 Å². The fraction of sp³-hybridized carbons (Fsp3) is 0.235. The molecule has 0 amide bonds. The van der Waals surface area contributed by atoms with E-state index >= 15 is 0 Å². The van der Waals surface area contributed by atoms with Crippen molar-refractivity contribution in [2.24, 2.45) is 0 Å². The van der Waals surface area contributed by atoms with Gasteiger partial charge in [0.2, 0.25) is 0 Å². The first-order valence-corrected chi connectivity index (χ1v) is 7.65. The monoisotopic (exact) mass is 586 g/mol. The van der Waals surface area contributed by atoms with Crippen LogP contribution in [0.1, 0.15) is 13.8 Å². The summed E-state index contributed by atoms with van der Waals surface area (Å²) in [5.74, 6) is 1.69. The number of ether oxygens (including phenoxy) is 2. The van der Waals surface area contributed by atoms with E-state index in [2.05, 4.69) is 10.6 Å². The van der Waals surface area contributed by atoms with E-state index in [9.17, 15) is 0 Å². The van der Waals surface area contributed by atoms with Crippen LogP contribution in [0, 0.1) is 0 Å². The maximum absolute atomic E-state index is 5.40. The van der Waals surface area contributed by atoms with Crippen molar-refractivity contribution in [3.05, 3.63) is 48.5 Å². The zero-order valence-electron chi connectivity index (χ0n) is 13.8. The predicted molar refractivity (Wildman–Crippen MR) is 95.1 cm³/mol. The van der Waals surface area contributed by atoms with E-state index in [0.717, 1.165) is 22.9 Å². The van der Waals surface area contributed by atoms with Crippen LogP contribution in [-0.4, -0.2) is 18.3 Å². The molecule has 0 saturated heterocycles. The van der Waals surface area contributed by atoms with Gasteiger partial charge in [0.15, 0.2) is 5.11 Å². The van der Waals surface area contributed by atoms with Gasteiger partial charge in [0.05, 0.1) is 13.2 Å². The van der Waals surface area contributed by atoms with Crippen LogP contribution < -0.4 is 20.1 Å². The number of hydrogen-bond acceptors (Lipinski definition) is 3. The van der Waals surface area contributed by atoms with E-state index < -0.39 is 0 Å². The van der Waals surface area contributed by atoms with Crippen LogP contribution in [0.4, 0.5) is 11.4 Å². The van der Waals surface area contributed by atoms with Crippen molar-refractivity contribution in [1.29, 1.82) is 0 Å². The van der Waals surface area contributed by atoms with Crippen LogP contribution in [0.15, 0.2) is 48.5 Å². The van der Waals surface area contributed by atoms with Crippen molar-refractivity contribution >= 4 is 28.7 Å². The molecule has 0 spiro atoms. The molecule has 0 aliphatic heterocycles. The average molecular weight is 586 g/mol. The summed E-state index contributed by atoms with van der Waals surface area (Å²) in [5.41, 5.74) is 1.82. The smallest absolute Gasteiger partial charge is 0.175 e. The van der Waals surface area contributed by atoms with E-state index in [0.29, 0.717) is 18.3 Å². The van der Waals surface area contributed by atoms with Crippen molar-refractivity contribution in [3.8, 4) is 11.5 Å². The van der Waals surface area contributed by atoms with Crippen LogP contribution in [0.25, 0.3) is 0 Å². The fourth-order valence-corrected chi connectivity index (χ4v) is 2.13. The minimum Gasteiger partial charge on any atom is -0.494 e. The molecule has 0 unspecified atom stereocenters. The van der Waals surface area contributed by atoms with Gasteiger partial charge in [0, 0.05) is 63.4 Å². The molecule has 0 fully saturated rings. The molecule has 0 bridgehead atoms. The largest absolute Gasteiger partial charge is 0.494 e. The Balaban J connectivity index is 0.00000264. The van der Waals surface area contributed by atoms with Gasteiger partial charge in [-0.3, -0.25) is 0 Å². The topological polar surface area (TPSA) is 42.5 Å². The maximum atomic E-state index is 5.40. The second kappa shape index (κ2) is 12.8. The Morgan fingerprint density at radius 2 is 1.12 bits per heavy atom. The molecule has 124 valence electrons. The van der Waals surface area contributed by atoms with Crippen molar-refractivity contribution in [3.63, 3.8) is 0 Å². The number of anilines is 2. The van der Waals surface area contributed by atoms with Crippen molar-refractivity contribution < 1.29 is 61.5 Å². The third-order valence-corrected chi connectivity index (χ3v) is 3.05. The summed E-state index contributed by atoms with van der Waals surface area (Å²) in [6, 6.07) is 15.3. The van der Waals surface area contributed by atoms with Gasteiger partial charge in [-0.25, -0.2) is 0 Å². The summed E-state index contributed by atoms with van der Waals surface area (Å²) in [7, 11) is 0. The van der Waals surface area contributed by atoms with Crippen molar-refractivity contribution in [2.75, 3.05) is 23.8 Å². The molecule has 0 aromatic heterocycles. The standard InChI is InChI=1S/C17H20N2O2S.Hf.Zr/c1-3-20-15-9-5-13(6-10-15)18-17(22)19-14-7-11-16(12-8-14)21-4-2;;/h5-12H,3-4H2,1-2H3,(H2,18,19,22);;. The summed E-state index contributed by atoms with van der Waals surface area (Å²) in [6.07, 6.45) is 0. The molecular formula is C17H20HfN2O2SZr. The number of nitrogens with one attached hydrogen (secondary N) is 2. The number of hydrogen-bond donors (Lipinski definition) is 2. The van der Waals surface area contributed by atoms with E-state index in [1.807, 2.05) is 62.4 Å². The Labute approximate surface area is 186 Å². The van der Waals surface area contributed by atoms with Crippen LogP contribution in [0.2, 0.25) is 0 Å². The van der Waals surface area contributed by atoms with Gasteiger partial charge in [-0.1, -0.05) is 0 Å². The van der Waals surface area contributed by atoms with Gasteiger partial charge in [-0.05, 0) is 74.6 Å². The Morgan fingerprint density at radius 3 is 1.42 bits per heavy atom. The number of benzene rings is 2. The van der Waals surface area contributed by atoms with Crippen LogP contribution in [0.3, 0.4) is 0 Å². The molecular weight excluding hydrogens is 566 g/mol. The molecule has 2 aromatic rings. The van der Waals surface area contributed by atoms with E-state index in [4.69, 9.17) is 21.7 Å². The van der Waals surface area contributed by atoms with Gasteiger partial charge >= 0.3 is 0 Å². The third-order valence-electron chi connectivity index (χ3n) is 2.85. The molecule has 2 N–H and O–H groups in total. The van der Waals surface area contributed by atoms with Gasteiger partial charge in [0.25, 0.3) is 0 Å². The molecule has 24 heavy (non-hydrogen) atoms. The Bertz CT molecular complexity index is 555. The predicted octanol–water partition coefficient (Wildman–Crippen LogP) is 4.29. The Kier molecular flexibility index (Phi) is 12.5. The van der Waals surface area contributed by atoms with E-state index in [1.165, 1.54) is 0 Å². The molecule has 0 atom stereocenters. The summed E-state index contributed by atoms with van der Waals surface area (Å²) in [5, 5.41) is 6.80. The second-order valence-electron chi connectivity index (χ2n) is 4.49. The average Bonchev–Trinajstić information content (AvgIpc) is 2.52. The van der Waals surface area contributed by atoms with Gasteiger partial charge in [-0.2, -0.15) is 0 Å². The molecule has 0 radical (unpaired) electrons. The normalized spacial score (nSPS) is 9.08. The van der Waals surface area contributed by atoms with Gasteiger partial charge in [0.1, 0.15) is 11.5 Å². The van der Waals surface area contributed by atoms with E-state index in [-0.39, 0.29) is 52.0 Å². The number of thiocarbonyl (C=S) groups is 1. The summed E-state index contributed by atoms with van der Waals surface area (Å²) < 4.78 is 10.8. The van der Waals surface area contributed by atoms with Gasteiger partial charge in [-0.15, -0.1) is 0 Å². The van der Waals surface area contributed by atoms with Crippen LogP contribution >= 0.6 is 12.2 Å². The Morgan fingerprint density at radius 1 is 0.792 bits per heavy atom. The molecule has 7 heteroatoms. The first-order valence-electron chi connectivity index (χ1n) is 7.25. The van der Waals surface area contributed by atoms with Crippen molar-refractivity contribution in [2.45, 2.75) is 13.8 Å². The van der Waals surface area contributed by atoms with Crippen LogP contribution in [-0.2, 0) is 52.0 Å². The summed E-state index contributed by atoms with van der Waals surface area (Å²) >= 11 is 5.30. The first kappa shape index (κ1) is 23.5. The Hall–Kier alpha value is -0.517. The maximum Gasteiger partial charge on any atom is 0.175 e. The van der Waals surface area contributed by atoms with Crippen LogP contribution in [0.5, 0.6) is 11.5 Å². The fourth-order valence-electron chi connectivity index (χ4n) is 1.90. The molecule has 4 nitrogen and oxygen atoms in total. The molecule has 2 aromatic carbocycles. The molecule has 0 saturated carbocycles. The summed E-state index contributed by atoms with van der Waals surface area (Å²) in [6.45, 7) is 5.24. The van der Waals surface area contributed by atoms with E-state index in [1.54, 1.807) is 0 Å². The second-order valence-corrected chi connectivity index (χ2v) is 4.90. The van der Waals surface area contributed by atoms with Crippen molar-refractivity contribution in [1.82, 2.24) is 0 Å². The minimum atomic E-state index is 0. The zero-order chi connectivity index (χ0) is 15.8. The minimum absolute atomic E-state index is 0. The zero-order valence-corrected chi connectivity index (χ0v) is 20.6. The number of rotatable bonds is 6. The first-order chi connectivity index (χ1) is 10.7.